The summed E-state index contributed by atoms with van der Waals surface area (Å²) < 4.78 is 22.7. The monoisotopic (exact) mass is 247 g/mol. The molecule has 0 unspecified atom stereocenters. The van der Waals surface area contributed by atoms with E-state index in [0.29, 0.717) is 5.69 Å². The lowest BCUT2D eigenvalue weighted by Crippen LogP contribution is -2.23. The fraction of sp³-hybridized carbons (Fsp3) is 0.400. The van der Waals surface area contributed by atoms with Crippen molar-refractivity contribution in [3.63, 3.8) is 0 Å². The molecule has 5 heteroatoms. The number of halogens is 1. The summed E-state index contributed by atoms with van der Waals surface area (Å²) in [5.41, 5.74) is 0.664. The summed E-state index contributed by atoms with van der Waals surface area (Å²) in [5, 5.41) is 0. The topological polar surface area (TPSA) is 37.4 Å². The van der Waals surface area contributed by atoms with Gasteiger partial charge in [0, 0.05) is 23.8 Å². The van der Waals surface area contributed by atoms with Crippen LogP contribution in [0.2, 0.25) is 0 Å². The van der Waals surface area contributed by atoms with Crippen LogP contribution in [0.5, 0.6) is 0 Å². The summed E-state index contributed by atoms with van der Waals surface area (Å²) in [5.74, 6) is 0. The SMILES string of the molecule is CCN(CC)c1ccccc1S(=O)(=O)Cl. The van der Waals surface area contributed by atoms with Crippen molar-refractivity contribution in [3.8, 4) is 0 Å². The maximum absolute atomic E-state index is 11.3. The fourth-order valence-corrected chi connectivity index (χ4v) is 2.57. The highest BCUT2D eigenvalue weighted by Crippen LogP contribution is 2.27. The Bertz CT molecular complexity index is 427. The lowest BCUT2D eigenvalue weighted by Gasteiger charge is -2.22. The molecule has 0 bridgehead atoms. The first-order chi connectivity index (χ1) is 7.00. The van der Waals surface area contributed by atoms with Gasteiger partial charge in [0.2, 0.25) is 0 Å². The van der Waals surface area contributed by atoms with Gasteiger partial charge >= 0.3 is 0 Å². The van der Waals surface area contributed by atoms with E-state index in [1.54, 1.807) is 18.2 Å². The number of hydrogen-bond acceptors (Lipinski definition) is 3. The normalized spacial score (nSPS) is 11.4. The molecule has 0 saturated heterocycles. The number of rotatable bonds is 4. The third-order valence-corrected chi connectivity index (χ3v) is 3.60. The molecule has 0 fully saturated rings. The summed E-state index contributed by atoms with van der Waals surface area (Å²) >= 11 is 0. The van der Waals surface area contributed by atoms with Crippen molar-refractivity contribution in [3.05, 3.63) is 24.3 Å². The van der Waals surface area contributed by atoms with Crippen LogP contribution in [0.4, 0.5) is 5.69 Å². The van der Waals surface area contributed by atoms with Gasteiger partial charge in [-0.15, -0.1) is 0 Å². The third kappa shape index (κ3) is 2.86. The zero-order chi connectivity index (χ0) is 11.5. The van der Waals surface area contributed by atoms with E-state index in [4.69, 9.17) is 10.7 Å². The fourth-order valence-electron chi connectivity index (χ4n) is 1.49. The van der Waals surface area contributed by atoms with E-state index in [1.807, 2.05) is 18.7 Å². The largest absolute Gasteiger partial charge is 0.371 e. The second-order valence-corrected chi connectivity index (χ2v) is 5.61. The van der Waals surface area contributed by atoms with Crippen LogP contribution in [0.15, 0.2) is 29.2 Å². The average Bonchev–Trinajstić information content (AvgIpc) is 2.19. The lowest BCUT2D eigenvalue weighted by atomic mass is 10.3. The first-order valence-corrected chi connectivity index (χ1v) is 7.10. The van der Waals surface area contributed by atoms with Crippen LogP contribution < -0.4 is 4.90 Å². The molecule has 0 aliphatic carbocycles. The minimum Gasteiger partial charge on any atom is -0.371 e. The van der Waals surface area contributed by atoms with Crippen molar-refractivity contribution in [2.24, 2.45) is 0 Å². The second kappa shape index (κ2) is 4.86. The Morgan fingerprint density at radius 1 is 1.20 bits per heavy atom. The lowest BCUT2D eigenvalue weighted by molar-refractivity contribution is 0.609. The Hall–Kier alpha value is -0.740. The number of anilines is 1. The smallest absolute Gasteiger partial charge is 0.263 e. The molecule has 1 aromatic rings. The number of benzene rings is 1. The summed E-state index contributed by atoms with van der Waals surface area (Å²) in [7, 11) is 1.70. The van der Waals surface area contributed by atoms with Crippen molar-refractivity contribution in [2.75, 3.05) is 18.0 Å². The van der Waals surface area contributed by atoms with Crippen LogP contribution in [0.1, 0.15) is 13.8 Å². The molecule has 0 saturated carbocycles. The van der Waals surface area contributed by atoms with Gasteiger partial charge in [-0.3, -0.25) is 0 Å². The highest BCUT2D eigenvalue weighted by molar-refractivity contribution is 8.13. The van der Waals surface area contributed by atoms with Crippen molar-refractivity contribution < 1.29 is 8.42 Å². The third-order valence-electron chi connectivity index (χ3n) is 2.23. The van der Waals surface area contributed by atoms with E-state index in [9.17, 15) is 8.42 Å². The van der Waals surface area contributed by atoms with Crippen LogP contribution in [0.3, 0.4) is 0 Å². The number of hydrogen-bond donors (Lipinski definition) is 0. The number of para-hydroxylation sites is 1. The minimum absolute atomic E-state index is 0.176. The maximum Gasteiger partial charge on any atom is 0.263 e. The summed E-state index contributed by atoms with van der Waals surface area (Å²) in [6, 6.07) is 6.76. The standard InChI is InChI=1S/C10H14ClNO2S/c1-3-12(4-2)9-7-5-6-8-10(9)15(11,13)14/h5-8H,3-4H2,1-2H3. The molecule has 0 amide bonds. The molecule has 0 atom stereocenters. The molecule has 1 rings (SSSR count). The highest BCUT2D eigenvalue weighted by Gasteiger charge is 2.17. The Morgan fingerprint density at radius 3 is 2.20 bits per heavy atom. The van der Waals surface area contributed by atoms with E-state index in [-0.39, 0.29) is 4.90 Å². The van der Waals surface area contributed by atoms with Gasteiger partial charge in [-0.1, -0.05) is 12.1 Å². The molecular formula is C10H14ClNO2S. The van der Waals surface area contributed by atoms with Gasteiger partial charge in [0.1, 0.15) is 4.90 Å². The summed E-state index contributed by atoms with van der Waals surface area (Å²) in [6.07, 6.45) is 0. The van der Waals surface area contributed by atoms with Crippen LogP contribution in [0, 0.1) is 0 Å². The Kier molecular flexibility index (Phi) is 3.99. The predicted octanol–water partition coefficient (Wildman–Crippen LogP) is 2.46. The highest BCUT2D eigenvalue weighted by atomic mass is 35.7. The zero-order valence-corrected chi connectivity index (χ0v) is 10.3. The molecular weight excluding hydrogens is 234 g/mol. The molecule has 3 nitrogen and oxygen atoms in total. The molecule has 15 heavy (non-hydrogen) atoms. The Balaban J connectivity index is 3.29. The quantitative estimate of drug-likeness (QED) is 0.767. The molecule has 0 heterocycles. The molecule has 84 valence electrons. The average molecular weight is 248 g/mol. The first kappa shape index (κ1) is 12.3. The van der Waals surface area contributed by atoms with Crippen LogP contribution in [-0.4, -0.2) is 21.5 Å². The molecule has 0 N–H and O–H groups in total. The molecule has 0 aliphatic heterocycles. The van der Waals surface area contributed by atoms with Gasteiger partial charge in [0.05, 0.1) is 5.69 Å². The summed E-state index contributed by atoms with van der Waals surface area (Å²) in [4.78, 5) is 2.13. The molecule has 0 spiro atoms. The van der Waals surface area contributed by atoms with E-state index in [1.165, 1.54) is 6.07 Å². The van der Waals surface area contributed by atoms with Gasteiger partial charge in [-0.25, -0.2) is 8.42 Å². The van der Waals surface area contributed by atoms with E-state index < -0.39 is 9.05 Å². The van der Waals surface area contributed by atoms with Crippen LogP contribution in [-0.2, 0) is 9.05 Å². The predicted molar refractivity (Wildman–Crippen MR) is 63.0 cm³/mol. The van der Waals surface area contributed by atoms with Crippen molar-refractivity contribution in [1.29, 1.82) is 0 Å². The first-order valence-electron chi connectivity index (χ1n) is 4.79. The summed E-state index contributed by atoms with van der Waals surface area (Å²) in [6.45, 7) is 5.45. The Morgan fingerprint density at radius 2 is 1.73 bits per heavy atom. The molecule has 1 aromatic carbocycles. The van der Waals surface area contributed by atoms with Gasteiger partial charge in [-0.05, 0) is 26.0 Å². The van der Waals surface area contributed by atoms with Crippen molar-refractivity contribution >= 4 is 25.4 Å². The van der Waals surface area contributed by atoms with Crippen LogP contribution in [0.25, 0.3) is 0 Å². The van der Waals surface area contributed by atoms with Crippen LogP contribution >= 0.6 is 10.7 Å². The van der Waals surface area contributed by atoms with Gasteiger partial charge in [-0.2, -0.15) is 0 Å². The second-order valence-electron chi connectivity index (χ2n) is 3.08. The molecule has 0 aliphatic rings. The zero-order valence-electron chi connectivity index (χ0n) is 8.77. The maximum atomic E-state index is 11.3. The van der Waals surface area contributed by atoms with Crippen molar-refractivity contribution in [1.82, 2.24) is 0 Å². The van der Waals surface area contributed by atoms with Gasteiger partial charge < -0.3 is 4.90 Å². The van der Waals surface area contributed by atoms with E-state index in [0.717, 1.165) is 13.1 Å². The minimum atomic E-state index is -3.67. The number of nitrogens with zero attached hydrogens (tertiary/aromatic N) is 1. The van der Waals surface area contributed by atoms with E-state index in [2.05, 4.69) is 0 Å². The van der Waals surface area contributed by atoms with Gasteiger partial charge in [0.25, 0.3) is 9.05 Å². The van der Waals surface area contributed by atoms with E-state index >= 15 is 0 Å². The van der Waals surface area contributed by atoms with Crippen molar-refractivity contribution in [2.45, 2.75) is 18.7 Å². The van der Waals surface area contributed by atoms with Gasteiger partial charge in [0.15, 0.2) is 0 Å². The molecule has 0 aromatic heterocycles. The molecule has 0 radical (unpaired) electrons. The Labute approximate surface area is 95.1 Å².